The van der Waals surface area contributed by atoms with Crippen molar-refractivity contribution in [3.05, 3.63) is 24.5 Å². The van der Waals surface area contributed by atoms with Crippen LogP contribution in [0.25, 0.3) is 0 Å². The Balaban J connectivity index is 1.98. The molecule has 0 radical (unpaired) electrons. The number of hydrogen-bond acceptors (Lipinski definition) is 3. The number of aliphatic carboxylic acids is 1. The molecule has 2 atom stereocenters. The smallest absolute Gasteiger partial charge is 0.310 e. The van der Waals surface area contributed by atoms with E-state index < -0.39 is 5.97 Å². The number of nitrogens with zero attached hydrogens (tertiary/aromatic N) is 2. The van der Waals surface area contributed by atoms with Gasteiger partial charge in [0.15, 0.2) is 0 Å². The Morgan fingerprint density at radius 3 is 3.12 bits per heavy atom. The molecular weight excluding hydrogens is 206 g/mol. The minimum atomic E-state index is -0.764. The third kappa shape index (κ3) is 2.08. The Kier molecular flexibility index (Phi) is 2.94. The molecule has 1 aromatic heterocycles. The number of carboxylic acids is 1. The van der Waals surface area contributed by atoms with E-state index in [1.807, 2.05) is 23.8 Å². The minimum Gasteiger partial charge on any atom is -0.481 e. The average Bonchev–Trinajstić information content (AvgIpc) is 2.87. The third-order valence-electron chi connectivity index (χ3n) is 2.77. The van der Waals surface area contributed by atoms with Gasteiger partial charge in [-0.3, -0.25) is 4.79 Å². The Bertz CT molecular complexity index is 411. The fourth-order valence-electron chi connectivity index (χ4n) is 1.86. The molecule has 1 aromatic rings. The minimum absolute atomic E-state index is 0.0637. The summed E-state index contributed by atoms with van der Waals surface area (Å²) in [5.41, 5.74) is 0. The summed E-state index contributed by atoms with van der Waals surface area (Å²) in [6, 6.07) is 0.0637. The molecular formula is C11H15N3O2. The van der Waals surface area contributed by atoms with Crippen LogP contribution >= 0.6 is 0 Å². The largest absolute Gasteiger partial charge is 0.481 e. The molecule has 0 amide bonds. The molecule has 0 aromatic carbocycles. The fraction of sp³-hybridized carbons (Fsp3) is 0.455. The molecule has 1 aliphatic carbocycles. The second-order valence-corrected chi connectivity index (χ2v) is 3.85. The Hall–Kier alpha value is -1.78. The van der Waals surface area contributed by atoms with Crippen LogP contribution in [0.4, 0.5) is 5.95 Å². The monoisotopic (exact) mass is 221 g/mol. The lowest BCUT2D eigenvalue weighted by Crippen LogP contribution is -2.20. The molecule has 2 unspecified atom stereocenters. The number of rotatable bonds is 4. The van der Waals surface area contributed by atoms with E-state index in [1.165, 1.54) is 0 Å². The summed E-state index contributed by atoms with van der Waals surface area (Å²) in [5, 5.41) is 12.1. The number of hydrogen-bond donors (Lipinski definition) is 2. The zero-order valence-corrected chi connectivity index (χ0v) is 9.13. The quantitative estimate of drug-likeness (QED) is 0.753. The molecule has 2 N–H and O–H groups in total. The summed E-state index contributed by atoms with van der Waals surface area (Å²) in [4.78, 5) is 15.0. The first-order valence-electron chi connectivity index (χ1n) is 5.39. The van der Waals surface area contributed by atoms with E-state index in [1.54, 1.807) is 12.3 Å². The molecule has 5 nitrogen and oxygen atoms in total. The summed E-state index contributed by atoms with van der Waals surface area (Å²) in [6.45, 7) is 2.89. The Labute approximate surface area is 93.8 Å². The predicted octanol–water partition coefficient (Wildman–Crippen LogP) is 1.34. The maximum Gasteiger partial charge on any atom is 0.310 e. The van der Waals surface area contributed by atoms with Crippen molar-refractivity contribution in [2.45, 2.75) is 25.9 Å². The molecule has 86 valence electrons. The van der Waals surface area contributed by atoms with Crippen LogP contribution < -0.4 is 5.32 Å². The molecule has 0 saturated carbocycles. The first-order valence-corrected chi connectivity index (χ1v) is 5.39. The van der Waals surface area contributed by atoms with E-state index in [9.17, 15) is 4.79 Å². The van der Waals surface area contributed by atoms with Crippen molar-refractivity contribution < 1.29 is 9.90 Å². The number of aromatic nitrogens is 2. The maximum absolute atomic E-state index is 10.8. The molecule has 0 bridgehead atoms. The van der Waals surface area contributed by atoms with Crippen molar-refractivity contribution in [2.75, 3.05) is 5.32 Å². The van der Waals surface area contributed by atoms with E-state index in [4.69, 9.17) is 5.11 Å². The van der Waals surface area contributed by atoms with Crippen molar-refractivity contribution in [2.24, 2.45) is 5.92 Å². The highest BCUT2D eigenvalue weighted by atomic mass is 16.4. The van der Waals surface area contributed by atoms with Gasteiger partial charge in [-0.25, -0.2) is 4.98 Å². The number of carbonyl (C=O) groups is 1. The summed E-state index contributed by atoms with van der Waals surface area (Å²) in [5.74, 6) is -0.342. The standard InChI is InChI=1S/C11H15N3O2/c1-2-14-6-5-12-11(14)13-9-4-3-8(7-9)10(15)16/h3-6,8-9H,2,7H2,1H3,(H,12,13)(H,15,16). The van der Waals surface area contributed by atoms with E-state index >= 15 is 0 Å². The lowest BCUT2D eigenvalue weighted by Gasteiger charge is -2.13. The number of nitrogens with one attached hydrogen (secondary N) is 1. The number of aryl methyl sites for hydroxylation is 1. The number of carboxylic acid groups (broad SMARTS) is 1. The molecule has 5 heteroatoms. The van der Waals surface area contributed by atoms with Gasteiger partial charge in [0, 0.05) is 25.0 Å². The van der Waals surface area contributed by atoms with Gasteiger partial charge in [-0.1, -0.05) is 12.2 Å². The molecule has 1 heterocycles. The van der Waals surface area contributed by atoms with E-state index in [0.29, 0.717) is 6.42 Å². The van der Waals surface area contributed by atoms with Gasteiger partial charge in [0.1, 0.15) is 0 Å². The summed E-state index contributed by atoms with van der Waals surface area (Å²) in [7, 11) is 0. The van der Waals surface area contributed by atoms with Crippen LogP contribution in [-0.2, 0) is 11.3 Å². The molecule has 0 spiro atoms. The normalized spacial score (nSPS) is 23.6. The van der Waals surface area contributed by atoms with Gasteiger partial charge in [-0.2, -0.15) is 0 Å². The van der Waals surface area contributed by atoms with Crippen LogP contribution in [0.15, 0.2) is 24.5 Å². The zero-order valence-electron chi connectivity index (χ0n) is 9.13. The van der Waals surface area contributed by atoms with Crippen molar-refractivity contribution in [1.29, 1.82) is 0 Å². The highest BCUT2D eigenvalue weighted by Crippen LogP contribution is 2.21. The van der Waals surface area contributed by atoms with E-state index in [0.717, 1.165) is 12.5 Å². The SMILES string of the molecule is CCn1ccnc1NC1C=CC(C(=O)O)C1. The third-order valence-corrected chi connectivity index (χ3v) is 2.77. The first-order chi connectivity index (χ1) is 7.70. The fourth-order valence-corrected chi connectivity index (χ4v) is 1.86. The van der Waals surface area contributed by atoms with Gasteiger partial charge in [0.2, 0.25) is 5.95 Å². The van der Waals surface area contributed by atoms with Gasteiger partial charge in [0.05, 0.1) is 5.92 Å². The van der Waals surface area contributed by atoms with Crippen molar-refractivity contribution in [1.82, 2.24) is 9.55 Å². The van der Waals surface area contributed by atoms with Gasteiger partial charge >= 0.3 is 5.97 Å². The van der Waals surface area contributed by atoms with Crippen molar-refractivity contribution in [3.63, 3.8) is 0 Å². The van der Waals surface area contributed by atoms with Gasteiger partial charge < -0.3 is 15.0 Å². The van der Waals surface area contributed by atoms with E-state index in [2.05, 4.69) is 10.3 Å². The molecule has 1 aliphatic rings. The molecule has 0 aliphatic heterocycles. The average molecular weight is 221 g/mol. The van der Waals surface area contributed by atoms with Gasteiger partial charge in [-0.15, -0.1) is 0 Å². The Morgan fingerprint density at radius 1 is 1.69 bits per heavy atom. The second-order valence-electron chi connectivity index (χ2n) is 3.85. The van der Waals surface area contributed by atoms with Gasteiger partial charge in [0.25, 0.3) is 0 Å². The molecule has 0 fully saturated rings. The first kappa shape index (κ1) is 10.7. The van der Waals surface area contributed by atoms with E-state index in [-0.39, 0.29) is 12.0 Å². The zero-order chi connectivity index (χ0) is 11.5. The molecule has 2 rings (SSSR count). The summed E-state index contributed by atoms with van der Waals surface area (Å²) < 4.78 is 1.99. The van der Waals surface area contributed by atoms with Crippen LogP contribution in [-0.4, -0.2) is 26.7 Å². The lowest BCUT2D eigenvalue weighted by molar-refractivity contribution is -0.140. The summed E-state index contributed by atoms with van der Waals surface area (Å²) >= 11 is 0. The number of anilines is 1. The van der Waals surface area contributed by atoms with Crippen molar-refractivity contribution >= 4 is 11.9 Å². The maximum atomic E-state index is 10.8. The highest BCUT2D eigenvalue weighted by Gasteiger charge is 2.24. The highest BCUT2D eigenvalue weighted by molar-refractivity contribution is 5.73. The van der Waals surface area contributed by atoms with Crippen LogP contribution in [0.2, 0.25) is 0 Å². The van der Waals surface area contributed by atoms with Crippen molar-refractivity contribution in [3.8, 4) is 0 Å². The lowest BCUT2D eigenvalue weighted by atomic mass is 10.1. The summed E-state index contributed by atoms with van der Waals surface area (Å²) in [6.07, 6.45) is 7.85. The Morgan fingerprint density at radius 2 is 2.50 bits per heavy atom. The van der Waals surface area contributed by atoms with Crippen LogP contribution in [0.1, 0.15) is 13.3 Å². The number of imidazole rings is 1. The molecule has 0 saturated heterocycles. The second kappa shape index (κ2) is 4.38. The predicted molar refractivity (Wildman–Crippen MR) is 60.2 cm³/mol. The molecule has 16 heavy (non-hydrogen) atoms. The van der Waals surface area contributed by atoms with Crippen LogP contribution in [0.5, 0.6) is 0 Å². The topological polar surface area (TPSA) is 67.2 Å². The van der Waals surface area contributed by atoms with Crippen LogP contribution in [0.3, 0.4) is 0 Å². The van der Waals surface area contributed by atoms with Gasteiger partial charge in [-0.05, 0) is 13.3 Å². The van der Waals surface area contributed by atoms with Crippen LogP contribution in [0, 0.1) is 5.92 Å².